The minimum absolute atomic E-state index is 0.0710. The Kier molecular flexibility index (Phi) is 4.74. The number of hydrazine groups is 1. The molecule has 4 N–H and O–H groups in total. The number of carbonyl (C=O) groups is 2. The van der Waals surface area contributed by atoms with Crippen LogP contribution in [0.1, 0.15) is 21.7 Å². The molecule has 9 nitrogen and oxygen atoms in total. The molecule has 0 saturated carbocycles. The molecule has 2 aliphatic heterocycles. The standard InChI is InChI=1S/C20H21N7O2S/c1-12-10-16(22-19(29)15-8-5-9-30-15)27(25-12)20-23-17-14(18(28)24-20)11-21-26(17)13-6-3-2-4-7-13/h2-10,14,17,20-21,23H,11H2,1H3,(H,22,29)(H,24,28). The number of anilines is 2. The Morgan fingerprint density at radius 3 is 2.83 bits per heavy atom. The van der Waals surface area contributed by atoms with Gasteiger partial charge >= 0.3 is 0 Å². The molecule has 2 aromatic heterocycles. The molecule has 3 aromatic rings. The predicted octanol–water partition coefficient (Wildman–Crippen LogP) is 1.65. The van der Waals surface area contributed by atoms with Gasteiger partial charge in [-0.15, -0.1) is 11.3 Å². The van der Waals surface area contributed by atoms with Gasteiger partial charge in [-0.1, -0.05) is 24.3 Å². The van der Waals surface area contributed by atoms with Crippen LogP contribution in [0.25, 0.3) is 0 Å². The van der Waals surface area contributed by atoms with Crippen molar-refractivity contribution in [2.24, 2.45) is 5.92 Å². The van der Waals surface area contributed by atoms with E-state index >= 15 is 0 Å². The minimum Gasteiger partial charge on any atom is -0.321 e. The minimum atomic E-state index is -0.600. The smallest absolute Gasteiger partial charge is 0.266 e. The van der Waals surface area contributed by atoms with E-state index in [-0.39, 0.29) is 23.9 Å². The number of hydrogen-bond acceptors (Lipinski definition) is 7. The van der Waals surface area contributed by atoms with Crippen LogP contribution in [0.3, 0.4) is 0 Å². The highest BCUT2D eigenvalue weighted by molar-refractivity contribution is 7.12. The number of carbonyl (C=O) groups excluding carboxylic acids is 2. The van der Waals surface area contributed by atoms with E-state index in [1.54, 1.807) is 16.8 Å². The maximum Gasteiger partial charge on any atom is 0.266 e. The fourth-order valence-electron chi connectivity index (χ4n) is 3.82. The van der Waals surface area contributed by atoms with Crippen LogP contribution < -0.4 is 26.4 Å². The summed E-state index contributed by atoms with van der Waals surface area (Å²) < 4.78 is 1.61. The summed E-state index contributed by atoms with van der Waals surface area (Å²) in [6.07, 6.45) is -0.853. The SMILES string of the molecule is Cc1cc(NC(=O)c2cccs2)n(C2NC(=O)C3CNN(c4ccccc4)C3N2)n1. The summed E-state index contributed by atoms with van der Waals surface area (Å²) in [6, 6.07) is 15.2. The summed E-state index contributed by atoms with van der Waals surface area (Å²) in [5.74, 6) is -0.0142. The van der Waals surface area contributed by atoms with Crippen LogP contribution in [0.15, 0.2) is 53.9 Å². The zero-order valence-corrected chi connectivity index (χ0v) is 17.0. The van der Waals surface area contributed by atoms with Crippen LogP contribution in [0.2, 0.25) is 0 Å². The first-order valence-electron chi connectivity index (χ1n) is 9.65. The number of aromatic nitrogens is 2. The lowest BCUT2D eigenvalue weighted by Gasteiger charge is -2.37. The summed E-state index contributed by atoms with van der Waals surface area (Å²) in [5.41, 5.74) is 5.00. The summed E-state index contributed by atoms with van der Waals surface area (Å²) in [5, 5.41) is 17.7. The largest absolute Gasteiger partial charge is 0.321 e. The Balaban J connectivity index is 1.41. The molecule has 1 aromatic carbocycles. The number of fused-ring (bicyclic) bond motifs is 1. The molecule has 3 atom stereocenters. The average molecular weight is 424 g/mol. The number of benzene rings is 1. The molecule has 0 radical (unpaired) electrons. The van der Waals surface area contributed by atoms with Gasteiger partial charge in [0.1, 0.15) is 12.0 Å². The quantitative estimate of drug-likeness (QED) is 0.509. The van der Waals surface area contributed by atoms with E-state index in [0.29, 0.717) is 17.2 Å². The van der Waals surface area contributed by atoms with Crippen molar-refractivity contribution in [3.8, 4) is 0 Å². The van der Waals surface area contributed by atoms with E-state index in [2.05, 4.69) is 26.5 Å². The van der Waals surface area contributed by atoms with E-state index in [4.69, 9.17) is 0 Å². The Morgan fingerprint density at radius 1 is 1.23 bits per heavy atom. The second-order valence-corrected chi connectivity index (χ2v) is 8.19. The molecule has 0 spiro atoms. The van der Waals surface area contributed by atoms with Gasteiger partial charge in [0.25, 0.3) is 5.91 Å². The second kappa shape index (κ2) is 7.56. The highest BCUT2D eigenvalue weighted by Crippen LogP contribution is 2.28. The molecule has 0 bridgehead atoms. The molecule has 5 rings (SSSR count). The second-order valence-electron chi connectivity index (χ2n) is 7.24. The zero-order chi connectivity index (χ0) is 20.7. The molecule has 30 heavy (non-hydrogen) atoms. The van der Waals surface area contributed by atoms with Crippen molar-refractivity contribution >= 4 is 34.7 Å². The maximum absolute atomic E-state index is 12.8. The molecule has 2 amide bonds. The van der Waals surface area contributed by atoms with Gasteiger partial charge in [-0.05, 0) is 30.5 Å². The number of amides is 2. The van der Waals surface area contributed by atoms with Gasteiger partial charge < -0.3 is 10.6 Å². The molecule has 2 saturated heterocycles. The number of hydrogen-bond donors (Lipinski definition) is 4. The topological polar surface area (TPSA) is 103 Å². The first-order chi connectivity index (χ1) is 14.6. The Hall–Kier alpha value is -3.21. The predicted molar refractivity (Wildman–Crippen MR) is 114 cm³/mol. The molecule has 4 heterocycles. The van der Waals surface area contributed by atoms with Crippen molar-refractivity contribution in [2.75, 3.05) is 16.9 Å². The van der Waals surface area contributed by atoms with Crippen LogP contribution >= 0.6 is 11.3 Å². The Labute approximate surface area is 177 Å². The van der Waals surface area contributed by atoms with E-state index in [1.165, 1.54) is 11.3 Å². The Bertz CT molecular complexity index is 1070. The average Bonchev–Trinajstić information content (AvgIpc) is 3.48. The third-order valence-corrected chi connectivity index (χ3v) is 6.08. The number of rotatable bonds is 4. The van der Waals surface area contributed by atoms with Crippen molar-refractivity contribution in [2.45, 2.75) is 19.4 Å². The van der Waals surface area contributed by atoms with Crippen LogP contribution in [0.5, 0.6) is 0 Å². The lowest BCUT2D eigenvalue weighted by atomic mass is 10.0. The van der Waals surface area contributed by atoms with Crippen molar-refractivity contribution < 1.29 is 9.59 Å². The lowest BCUT2D eigenvalue weighted by Crippen LogP contribution is -2.61. The van der Waals surface area contributed by atoms with Crippen LogP contribution in [0, 0.1) is 12.8 Å². The molecule has 2 fully saturated rings. The third-order valence-electron chi connectivity index (χ3n) is 5.21. The van der Waals surface area contributed by atoms with E-state index in [9.17, 15) is 9.59 Å². The number of thiophene rings is 1. The van der Waals surface area contributed by atoms with Gasteiger partial charge in [0.05, 0.1) is 22.2 Å². The van der Waals surface area contributed by atoms with Crippen molar-refractivity contribution in [3.05, 3.63) is 64.5 Å². The number of aryl methyl sites for hydroxylation is 1. The van der Waals surface area contributed by atoms with Crippen molar-refractivity contribution in [3.63, 3.8) is 0 Å². The molecular weight excluding hydrogens is 402 g/mol. The van der Waals surface area contributed by atoms with E-state index < -0.39 is 6.29 Å². The monoisotopic (exact) mass is 423 g/mol. The summed E-state index contributed by atoms with van der Waals surface area (Å²) >= 11 is 1.37. The number of nitrogens with zero attached hydrogens (tertiary/aromatic N) is 3. The van der Waals surface area contributed by atoms with Crippen LogP contribution in [-0.4, -0.2) is 34.3 Å². The van der Waals surface area contributed by atoms with Crippen LogP contribution in [0.4, 0.5) is 11.5 Å². The fraction of sp³-hybridized carbons (Fsp3) is 0.250. The van der Waals surface area contributed by atoms with Gasteiger partial charge in [0.15, 0.2) is 6.29 Å². The van der Waals surface area contributed by atoms with Crippen LogP contribution in [-0.2, 0) is 4.79 Å². The highest BCUT2D eigenvalue weighted by atomic mass is 32.1. The molecule has 2 aliphatic rings. The summed E-state index contributed by atoms with van der Waals surface area (Å²) in [4.78, 5) is 26.0. The number of para-hydroxylation sites is 1. The van der Waals surface area contributed by atoms with Crippen molar-refractivity contribution in [1.82, 2.24) is 25.8 Å². The molecule has 0 aliphatic carbocycles. The van der Waals surface area contributed by atoms with Gasteiger partial charge in [-0.25, -0.2) is 10.1 Å². The first kappa shape index (κ1) is 18.8. The summed E-state index contributed by atoms with van der Waals surface area (Å²) in [7, 11) is 0. The number of nitrogens with one attached hydrogen (secondary N) is 4. The molecule has 3 unspecified atom stereocenters. The maximum atomic E-state index is 12.8. The zero-order valence-electron chi connectivity index (χ0n) is 16.2. The third kappa shape index (κ3) is 3.34. The van der Waals surface area contributed by atoms with Gasteiger partial charge in [0, 0.05) is 12.6 Å². The lowest BCUT2D eigenvalue weighted by molar-refractivity contribution is -0.129. The molecule has 154 valence electrons. The van der Waals surface area contributed by atoms with Gasteiger partial charge in [-0.2, -0.15) is 5.10 Å². The fourth-order valence-corrected chi connectivity index (χ4v) is 4.44. The Morgan fingerprint density at radius 2 is 2.07 bits per heavy atom. The van der Waals surface area contributed by atoms with Gasteiger partial charge in [-0.3, -0.25) is 19.9 Å². The summed E-state index contributed by atoms with van der Waals surface area (Å²) in [6.45, 7) is 2.38. The van der Waals surface area contributed by atoms with E-state index in [1.807, 2.05) is 53.7 Å². The molecule has 10 heteroatoms. The van der Waals surface area contributed by atoms with Gasteiger partial charge in [0.2, 0.25) is 5.91 Å². The molecular formula is C20H21N7O2S. The first-order valence-corrected chi connectivity index (χ1v) is 10.5. The van der Waals surface area contributed by atoms with E-state index in [0.717, 1.165) is 11.4 Å². The highest BCUT2D eigenvalue weighted by Gasteiger charge is 2.45. The normalized spacial score (nSPS) is 23.2. The van der Waals surface area contributed by atoms with Crippen molar-refractivity contribution in [1.29, 1.82) is 0 Å².